The Hall–Kier alpha value is -2.93. The number of fused-ring (bicyclic) bond motifs is 1. The number of urea groups is 1. The first-order chi connectivity index (χ1) is 19.1. The third kappa shape index (κ3) is 5.30. The number of nitrogens with zero attached hydrogens (tertiary/aromatic N) is 4. The number of carbonyl (C=O) groups is 2. The molecule has 3 amide bonds. The number of carbonyl (C=O) groups excluding carboxylic acids is 2. The van der Waals surface area contributed by atoms with E-state index in [2.05, 4.69) is 58.1 Å². The summed E-state index contributed by atoms with van der Waals surface area (Å²) < 4.78 is 5.57. The summed E-state index contributed by atoms with van der Waals surface area (Å²) in [6.45, 7) is 5.32. The molecule has 1 aromatic carbocycles. The van der Waals surface area contributed by atoms with Gasteiger partial charge >= 0.3 is 6.03 Å². The molecule has 1 aromatic heterocycles. The van der Waals surface area contributed by atoms with Crippen molar-refractivity contribution in [3.05, 3.63) is 66.0 Å². The maximum atomic E-state index is 14.3. The molecule has 6 rings (SSSR count). The summed E-state index contributed by atoms with van der Waals surface area (Å²) in [4.78, 5) is 39.2. The van der Waals surface area contributed by atoms with Gasteiger partial charge in [-0.25, -0.2) is 4.79 Å². The predicted molar refractivity (Wildman–Crippen MR) is 150 cm³/mol. The maximum Gasteiger partial charge on any atom is 0.321 e. The fraction of sp³-hybridized carbons (Fsp3) is 0.594. The first kappa shape index (κ1) is 26.3. The number of hydrogen-bond donors (Lipinski definition) is 0. The molecule has 4 aliphatic rings. The highest BCUT2D eigenvalue weighted by atomic mass is 16.5. The summed E-state index contributed by atoms with van der Waals surface area (Å²) in [5.74, 6) is 0.487. The summed E-state index contributed by atoms with van der Waals surface area (Å²) in [5.41, 5.74) is 2.33. The highest BCUT2D eigenvalue weighted by Crippen LogP contribution is 2.47. The number of pyridine rings is 1. The van der Waals surface area contributed by atoms with Gasteiger partial charge in [0, 0.05) is 44.0 Å². The number of aromatic nitrogens is 1. The van der Waals surface area contributed by atoms with Gasteiger partial charge in [0.05, 0.1) is 25.3 Å². The molecule has 0 bridgehead atoms. The molecule has 7 heteroatoms. The van der Waals surface area contributed by atoms with Crippen LogP contribution >= 0.6 is 0 Å². The molecular weight excluding hydrogens is 488 g/mol. The monoisotopic (exact) mass is 530 g/mol. The molecule has 2 saturated heterocycles. The molecule has 39 heavy (non-hydrogen) atoms. The van der Waals surface area contributed by atoms with Crippen LogP contribution in [0.1, 0.15) is 68.9 Å². The summed E-state index contributed by atoms with van der Waals surface area (Å²) in [6, 6.07) is 15.3. The van der Waals surface area contributed by atoms with Crippen molar-refractivity contribution in [1.29, 1.82) is 0 Å². The van der Waals surface area contributed by atoms with Crippen LogP contribution in [0.25, 0.3) is 0 Å². The van der Waals surface area contributed by atoms with Gasteiger partial charge in [-0.3, -0.25) is 9.78 Å². The highest BCUT2D eigenvalue weighted by molar-refractivity contribution is 5.81. The smallest absolute Gasteiger partial charge is 0.321 e. The first-order valence-corrected chi connectivity index (χ1v) is 15.0. The van der Waals surface area contributed by atoms with E-state index >= 15 is 0 Å². The van der Waals surface area contributed by atoms with Gasteiger partial charge in [0.25, 0.3) is 0 Å². The van der Waals surface area contributed by atoms with E-state index in [0.717, 1.165) is 24.8 Å². The minimum absolute atomic E-state index is 0.00536. The highest BCUT2D eigenvalue weighted by Gasteiger charge is 2.53. The van der Waals surface area contributed by atoms with Crippen molar-refractivity contribution >= 4 is 11.9 Å². The van der Waals surface area contributed by atoms with Crippen molar-refractivity contribution in [2.45, 2.75) is 82.5 Å². The largest absolute Gasteiger partial charge is 0.378 e. The number of ether oxygens (including phenoxy) is 1. The SMILES string of the molecule is C[C@H]1[C@@H](C(=O)N2CCOCC2)C[C@@H]2[C@H](C[C@H]1c1ccccc1)N(C1CCCCC1)C(=O)N2Cc1cccnc1. The molecular formula is C32H42N4O3. The summed E-state index contributed by atoms with van der Waals surface area (Å²) in [5, 5.41) is 0. The Morgan fingerprint density at radius 1 is 0.974 bits per heavy atom. The Kier molecular flexibility index (Phi) is 7.87. The van der Waals surface area contributed by atoms with Crippen LogP contribution in [0.15, 0.2) is 54.9 Å². The van der Waals surface area contributed by atoms with Gasteiger partial charge in [-0.05, 0) is 54.7 Å². The van der Waals surface area contributed by atoms with E-state index < -0.39 is 0 Å². The van der Waals surface area contributed by atoms with E-state index in [1.807, 2.05) is 17.2 Å². The number of amides is 3. The van der Waals surface area contributed by atoms with Crippen LogP contribution in [0.5, 0.6) is 0 Å². The molecule has 5 atom stereocenters. The van der Waals surface area contributed by atoms with E-state index in [4.69, 9.17) is 4.74 Å². The van der Waals surface area contributed by atoms with Gasteiger partial charge in [-0.2, -0.15) is 0 Å². The molecule has 208 valence electrons. The lowest BCUT2D eigenvalue weighted by Crippen LogP contribution is -2.47. The van der Waals surface area contributed by atoms with Crippen LogP contribution in [-0.2, 0) is 16.1 Å². The quantitative estimate of drug-likeness (QED) is 0.541. The van der Waals surface area contributed by atoms with Crippen molar-refractivity contribution in [2.24, 2.45) is 11.8 Å². The molecule has 0 radical (unpaired) electrons. The molecule has 7 nitrogen and oxygen atoms in total. The van der Waals surface area contributed by atoms with Crippen LogP contribution < -0.4 is 0 Å². The van der Waals surface area contributed by atoms with Gasteiger partial charge in [-0.1, -0.05) is 62.6 Å². The summed E-state index contributed by atoms with van der Waals surface area (Å²) in [6.07, 6.45) is 11.0. The molecule has 0 N–H and O–H groups in total. The summed E-state index contributed by atoms with van der Waals surface area (Å²) >= 11 is 0. The second-order valence-electron chi connectivity index (χ2n) is 12.0. The molecule has 0 unspecified atom stereocenters. The van der Waals surface area contributed by atoms with Gasteiger partial charge in [0.15, 0.2) is 0 Å². The van der Waals surface area contributed by atoms with Crippen molar-refractivity contribution in [3.8, 4) is 0 Å². The Balaban J connectivity index is 1.39. The second-order valence-corrected chi connectivity index (χ2v) is 12.0. The fourth-order valence-electron chi connectivity index (χ4n) is 7.75. The van der Waals surface area contributed by atoms with Gasteiger partial charge < -0.3 is 19.4 Å². The van der Waals surface area contributed by atoms with Crippen molar-refractivity contribution in [2.75, 3.05) is 26.3 Å². The van der Waals surface area contributed by atoms with Crippen molar-refractivity contribution in [3.63, 3.8) is 0 Å². The Morgan fingerprint density at radius 2 is 1.74 bits per heavy atom. The minimum atomic E-state index is -0.140. The van der Waals surface area contributed by atoms with Crippen LogP contribution in [0.2, 0.25) is 0 Å². The van der Waals surface area contributed by atoms with Gasteiger partial charge in [-0.15, -0.1) is 0 Å². The standard InChI is InChI=1S/C32H42N4O3/c1-23-27(25-10-4-2-5-11-25)19-30-29(20-28(23)31(37)34-15-17-39-18-16-34)35(22-24-9-8-14-33-21-24)32(38)36(30)26-12-6-3-7-13-26/h2,4-5,8-11,14,21,23,26-30H,3,6-7,12-13,15-20,22H2,1H3/t23-,27-,28+,29-,30+/m1/s1. The van der Waals surface area contributed by atoms with Crippen molar-refractivity contribution in [1.82, 2.24) is 19.7 Å². The molecule has 2 saturated carbocycles. The maximum absolute atomic E-state index is 14.3. The van der Waals surface area contributed by atoms with E-state index in [1.165, 1.54) is 24.8 Å². The normalized spacial score (nSPS) is 30.2. The second kappa shape index (κ2) is 11.7. The Bertz CT molecular complexity index is 1120. The number of benzene rings is 1. The predicted octanol–water partition coefficient (Wildman–Crippen LogP) is 5.08. The van der Waals surface area contributed by atoms with Crippen LogP contribution in [-0.4, -0.2) is 76.1 Å². The van der Waals surface area contributed by atoms with Crippen LogP contribution in [0, 0.1) is 11.8 Å². The van der Waals surface area contributed by atoms with Gasteiger partial charge in [0.1, 0.15) is 0 Å². The molecule has 2 aromatic rings. The molecule has 0 spiro atoms. The topological polar surface area (TPSA) is 66.0 Å². The summed E-state index contributed by atoms with van der Waals surface area (Å²) in [7, 11) is 0. The zero-order valence-electron chi connectivity index (χ0n) is 23.2. The van der Waals surface area contributed by atoms with Crippen LogP contribution in [0.3, 0.4) is 0 Å². The molecule has 2 aliphatic heterocycles. The van der Waals surface area contributed by atoms with Crippen molar-refractivity contribution < 1.29 is 14.3 Å². The van der Waals surface area contributed by atoms with E-state index in [0.29, 0.717) is 39.3 Å². The van der Waals surface area contributed by atoms with Crippen LogP contribution in [0.4, 0.5) is 4.79 Å². The zero-order valence-corrected chi connectivity index (χ0v) is 23.2. The minimum Gasteiger partial charge on any atom is -0.378 e. The average Bonchev–Trinajstić information content (AvgIpc) is 3.14. The number of hydrogen-bond acceptors (Lipinski definition) is 4. The molecule has 4 fully saturated rings. The fourth-order valence-corrected chi connectivity index (χ4v) is 7.75. The number of morpholine rings is 1. The molecule has 3 heterocycles. The molecule has 2 aliphatic carbocycles. The third-order valence-electron chi connectivity index (χ3n) is 9.84. The Morgan fingerprint density at radius 3 is 2.46 bits per heavy atom. The number of rotatable bonds is 5. The third-order valence-corrected chi connectivity index (χ3v) is 9.84. The average molecular weight is 531 g/mol. The lowest BCUT2D eigenvalue weighted by Gasteiger charge is -2.37. The zero-order chi connectivity index (χ0) is 26.8. The first-order valence-electron chi connectivity index (χ1n) is 15.0. The van der Waals surface area contributed by atoms with E-state index in [9.17, 15) is 9.59 Å². The Labute approximate surface area is 232 Å². The van der Waals surface area contributed by atoms with E-state index in [-0.39, 0.29) is 47.8 Å². The van der Waals surface area contributed by atoms with E-state index in [1.54, 1.807) is 6.20 Å². The lowest BCUT2D eigenvalue weighted by molar-refractivity contribution is -0.142. The van der Waals surface area contributed by atoms with Gasteiger partial charge in [0.2, 0.25) is 5.91 Å². The lowest BCUT2D eigenvalue weighted by atomic mass is 9.77.